The van der Waals surface area contributed by atoms with Gasteiger partial charge in [0.2, 0.25) is 0 Å². The molecule has 0 aliphatic heterocycles. The van der Waals surface area contributed by atoms with Gasteiger partial charge in [0, 0.05) is 6.07 Å². The summed E-state index contributed by atoms with van der Waals surface area (Å²) in [5, 5.41) is 10.3. The molecule has 0 radical (unpaired) electrons. The molecule has 0 saturated heterocycles. The third kappa shape index (κ3) is 2.33. The number of rotatable bonds is 2. The Morgan fingerprint density at radius 2 is 1.88 bits per heavy atom. The van der Waals surface area contributed by atoms with E-state index in [4.69, 9.17) is 0 Å². The molecule has 0 heterocycles. The van der Waals surface area contributed by atoms with Crippen LogP contribution in [0.2, 0.25) is 0 Å². The maximum Gasteiger partial charge on any atom is 0.455 e. The molecule has 0 aromatic heterocycles. The van der Waals surface area contributed by atoms with E-state index in [9.17, 15) is 32.5 Å². The molecule has 0 atom stereocenters. The van der Waals surface area contributed by atoms with E-state index in [0.29, 0.717) is 12.1 Å². The Hall–Kier alpha value is -1.99. The van der Waals surface area contributed by atoms with Crippen LogP contribution >= 0.6 is 0 Å². The average Bonchev–Trinajstić information content (AvgIpc) is 2.14. The summed E-state index contributed by atoms with van der Waals surface area (Å²) in [6.07, 6.45) is -5.28. The minimum absolute atomic E-state index is 0.188. The maximum absolute atomic E-state index is 12.6. The van der Waals surface area contributed by atoms with Crippen LogP contribution in [0, 0.1) is 15.9 Å². The lowest BCUT2D eigenvalue weighted by molar-refractivity contribution is -0.385. The molecule has 8 heteroatoms. The number of carbonyl (C=O) groups is 1. The Bertz CT molecular complexity index is 455. The molecule has 1 aromatic rings. The van der Waals surface area contributed by atoms with Gasteiger partial charge in [-0.2, -0.15) is 13.2 Å². The van der Waals surface area contributed by atoms with Crippen molar-refractivity contribution in [2.75, 3.05) is 0 Å². The van der Waals surface area contributed by atoms with Crippen molar-refractivity contribution >= 4 is 11.5 Å². The van der Waals surface area contributed by atoms with Crippen LogP contribution in [0.5, 0.6) is 0 Å². The summed E-state index contributed by atoms with van der Waals surface area (Å²) in [7, 11) is 0. The first-order chi connectivity index (χ1) is 7.23. The van der Waals surface area contributed by atoms with Crippen LogP contribution in [0.4, 0.5) is 23.2 Å². The molecule has 0 fully saturated rings. The van der Waals surface area contributed by atoms with Gasteiger partial charge in [-0.25, -0.2) is 4.39 Å². The zero-order chi connectivity index (χ0) is 12.5. The van der Waals surface area contributed by atoms with Gasteiger partial charge in [-0.1, -0.05) is 0 Å². The normalized spacial score (nSPS) is 11.2. The van der Waals surface area contributed by atoms with Crippen LogP contribution < -0.4 is 0 Å². The predicted molar refractivity (Wildman–Crippen MR) is 43.4 cm³/mol. The van der Waals surface area contributed by atoms with Crippen LogP contribution in [0.15, 0.2) is 18.2 Å². The zero-order valence-corrected chi connectivity index (χ0v) is 7.42. The van der Waals surface area contributed by atoms with Crippen molar-refractivity contribution in [1.82, 2.24) is 0 Å². The van der Waals surface area contributed by atoms with Gasteiger partial charge in [-0.15, -0.1) is 0 Å². The summed E-state index contributed by atoms with van der Waals surface area (Å²) < 4.78 is 48.7. The molecule has 0 aliphatic carbocycles. The molecule has 0 unspecified atom stereocenters. The lowest BCUT2D eigenvalue weighted by Crippen LogP contribution is -2.23. The molecule has 0 saturated carbocycles. The fourth-order valence-corrected chi connectivity index (χ4v) is 1.00. The van der Waals surface area contributed by atoms with Gasteiger partial charge in [-0.05, 0) is 12.1 Å². The number of carbonyl (C=O) groups excluding carboxylic acids is 1. The van der Waals surface area contributed by atoms with Crippen LogP contribution in [-0.2, 0) is 0 Å². The van der Waals surface area contributed by atoms with E-state index in [1.54, 1.807) is 0 Å². The molecule has 0 N–H and O–H groups in total. The van der Waals surface area contributed by atoms with E-state index in [0.717, 1.165) is 0 Å². The quantitative estimate of drug-likeness (QED) is 0.343. The first-order valence-corrected chi connectivity index (χ1v) is 3.79. The number of nitro groups is 1. The van der Waals surface area contributed by atoms with Crippen molar-refractivity contribution in [3.8, 4) is 0 Å². The van der Waals surface area contributed by atoms with E-state index in [1.807, 2.05) is 0 Å². The minimum atomic E-state index is -5.28. The first kappa shape index (κ1) is 12.1. The van der Waals surface area contributed by atoms with Crippen molar-refractivity contribution in [3.63, 3.8) is 0 Å². The summed E-state index contributed by atoms with van der Waals surface area (Å²) in [6, 6.07) is 1.30. The summed E-state index contributed by atoms with van der Waals surface area (Å²) >= 11 is 0. The molecular weight excluding hydrogens is 234 g/mol. The second-order valence-corrected chi connectivity index (χ2v) is 2.75. The highest BCUT2D eigenvalue weighted by atomic mass is 19.4. The largest absolute Gasteiger partial charge is 0.455 e. The average molecular weight is 237 g/mol. The highest BCUT2D eigenvalue weighted by molar-refractivity contribution is 6.03. The maximum atomic E-state index is 12.6. The van der Waals surface area contributed by atoms with E-state index in [2.05, 4.69) is 0 Å². The Morgan fingerprint density at radius 1 is 1.31 bits per heavy atom. The van der Waals surface area contributed by atoms with Crippen molar-refractivity contribution in [1.29, 1.82) is 0 Å². The fraction of sp³-hybridized carbons (Fsp3) is 0.125. The second kappa shape index (κ2) is 3.87. The first-order valence-electron chi connectivity index (χ1n) is 3.79. The summed E-state index contributed by atoms with van der Waals surface area (Å²) in [5.41, 5.74) is -2.39. The Balaban J connectivity index is 3.36. The van der Waals surface area contributed by atoms with Crippen LogP contribution in [0.3, 0.4) is 0 Å². The number of nitro benzene ring substituents is 1. The van der Waals surface area contributed by atoms with E-state index >= 15 is 0 Å². The van der Waals surface area contributed by atoms with E-state index < -0.39 is 34.0 Å². The lowest BCUT2D eigenvalue weighted by atomic mass is 10.1. The molecule has 0 amide bonds. The minimum Gasteiger partial charge on any atom is -0.284 e. The van der Waals surface area contributed by atoms with Gasteiger partial charge in [-0.3, -0.25) is 14.9 Å². The van der Waals surface area contributed by atoms with Crippen LogP contribution in [-0.4, -0.2) is 16.9 Å². The SMILES string of the molecule is O=C(c1cc(F)ccc1[N+](=O)[O-])C(F)(F)F. The number of Topliss-reactive ketones (excluding diaryl/α,β-unsaturated/α-hetero) is 1. The van der Waals surface area contributed by atoms with Gasteiger partial charge >= 0.3 is 6.18 Å². The van der Waals surface area contributed by atoms with Gasteiger partial charge in [0.25, 0.3) is 11.5 Å². The topological polar surface area (TPSA) is 60.2 Å². The van der Waals surface area contributed by atoms with Gasteiger partial charge < -0.3 is 0 Å². The van der Waals surface area contributed by atoms with Crippen molar-refractivity contribution in [2.45, 2.75) is 6.18 Å². The molecule has 86 valence electrons. The number of ketones is 1. The number of alkyl halides is 3. The molecule has 0 aliphatic rings. The van der Waals surface area contributed by atoms with Gasteiger partial charge in [0.1, 0.15) is 11.4 Å². The Labute approximate surface area is 85.6 Å². The smallest absolute Gasteiger partial charge is 0.284 e. The molecular formula is C8H3F4NO3. The third-order valence-corrected chi connectivity index (χ3v) is 1.66. The number of hydrogen-bond donors (Lipinski definition) is 0. The molecule has 0 bridgehead atoms. The molecule has 0 spiro atoms. The summed E-state index contributed by atoms with van der Waals surface area (Å²) in [6.45, 7) is 0. The lowest BCUT2D eigenvalue weighted by Gasteiger charge is -2.05. The molecule has 1 rings (SSSR count). The highest BCUT2D eigenvalue weighted by Gasteiger charge is 2.42. The van der Waals surface area contributed by atoms with Crippen molar-refractivity contribution < 1.29 is 27.3 Å². The molecule has 1 aromatic carbocycles. The fourth-order valence-electron chi connectivity index (χ4n) is 1.00. The molecule has 16 heavy (non-hydrogen) atoms. The third-order valence-electron chi connectivity index (χ3n) is 1.66. The van der Waals surface area contributed by atoms with Crippen LogP contribution in [0.1, 0.15) is 10.4 Å². The highest BCUT2D eigenvalue weighted by Crippen LogP contribution is 2.27. The van der Waals surface area contributed by atoms with E-state index in [1.165, 1.54) is 0 Å². The second-order valence-electron chi connectivity index (χ2n) is 2.75. The van der Waals surface area contributed by atoms with Crippen molar-refractivity contribution in [3.05, 3.63) is 39.7 Å². The summed E-state index contributed by atoms with van der Waals surface area (Å²) in [4.78, 5) is 19.9. The van der Waals surface area contributed by atoms with E-state index in [-0.39, 0.29) is 6.07 Å². The summed E-state index contributed by atoms with van der Waals surface area (Å²) in [5.74, 6) is -3.60. The number of hydrogen-bond acceptors (Lipinski definition) is 3. The Kier molecular flexibility index (Phi) is 2.92. The predicted octanol–water partition coefficient (Wildman–Crippen LogP) is 2.48. The number of nitrogens with zero attached hydrogens (tertiary/aromatic N) is 1. The zero-order valence-electron chi connectivity index (χ0n) is 7.42. The van der Waals surface area contributed by atoms with Gasteiger partial charge in [0.05, 0.1) is 4.92 Å². The number of benzene rings is 1. The van der Waals surface area contributed by atoms with Crippen LogP contribution in [0.25, 0.3) is 0 Å². The monoisotopic (exact) mass is 237 g/mol. The van der Waals surface area contributed by atoms with Crippen molar-refractivity contribution in [2.24, 2.45) is 0 Å². The molecule has 4 nitrogen and oxygen atoms in total. The standard InChI is InChI=1S/C8H3F4NO3/c9-4-1-2-6(13(15)16)5(3-4)7(14)8(10,11)12/h1-3H. The van der Waals surface area contributed by atoms with Gasteiger partial charge in [0.15, 0.2) is 0 Å². The number of halogens is 4. The Morgan fingerprint density at radius 3 is 2.31 bits per heavy atom.